The maximum atomic E-state index is 13.9. The van der Waals surface area contributed by atoms with Gasteiger partial charge in [0, 0.05) is 6.20 Å². The quantitative estimate of drug-likeness (QED) is 0.842. The molecule has 0 radical (unpaired) electrons. The van der Waals surface area contributed by atoms with Crippen LogP contribution in [0.3, 0.4) is 0 Å². The van der Waals surface area contributed by atoms with E-state index in [1.54, 1.807) is 0 Å². The molecule has 0 aliphatic rings. The van der Waals surface area contributed by atoms with E-state index in [1.165, 1.54) is 29.9 Å². The number of ether oxygens (including phenoxy) is 1. The number of carbonyl (C=O) groups excluding carboxylic acids is 1. The molecule has 1 atom stereocenters. The number of methoxy groups -OCH3 is 1. The number of pyridine rings is 1. The lowest BCUT2D eigenvalue weighted by atomic mass is 10.0. The number of carbonyl (C=O) groups is 1. The Hall–Kier alpha value is -1.66. The summed E-state index contributed by atoms with van der Waals surface area (Å²) >= 11 is 5.67. The molecule has 0 amide bonds. The number of aromatic nitrogens is 2. The molecule has 0 spiro atoms. The van der Waals surface area contributed by atoms with Gasteiger partial charge in [-0.1, -0.05) is 11.6 Å². The van der Waals surface area contributed by atoms with Gasteiger partial charge in [-0.15, -0.1) is 0 Å². The molecule has 2 rings (SSSR count). The van der Waals surface area contributed by atoms with Crippen LogP contribution in [0.15, 0.2) is 18.6 Å². The second-order valence-electron chi connectivity index (χ2n) is 3.89. The van der Waals surface area contributed by atoms with E-state index in [-0.39, 0.29) is 16.2 Å². The van der Waals surface area contributed by atoms with Gasteiger partial charge in [-0.2, -0.15) is 0 Å². The van der Waals surface area contributed by atoms with E-state index < -0.39 is 17.4 Å². The molecule has 0 aliphatic heterocycles. The van der Waals surface area contributed by atoms with Crippen LogP contribution in [0.25, 0.3) is 5.52 Å². The summed E-state index contributed by atoms with van der Waals surface area (Å²) in [6.45, 7) is 1.18. The molecule has 0 bridgehead atoms. The van der Waals surface area contributed by atoms with Gasteiger partial charge in [-0.05, 0) is 13.0 Å². The molecule has 5 nitrogen and oxygen atoms in total. The molecule has 0 saturated carbocycles. The van der Waals surface area contributed by atoms with E-state index in [2.05, 4.69) is 9.72 Å². The zero-order valence-electron chi connectivity index (χ0n) is 9.65. The molecule has 0 saturated heterocycles. The first-order chi connectivity index (χ1) is 8.39. The van der Waals surface area contributed by atoms with Gasteiger partial charge >= 0.3 is 5.97 Å². The highest BCUT2D eigenvalue weighted by Crippen LogP contribution is 2.29. The Kier molecular flexibility index (Phi) is 3.00. The maximum absolute atomic E-state index is 13.9. The van der Waals surface area contributed by atoms with Crippen LogP contribution in [0.4, 0.5) is 4.39 Å². The fourth-order valence-electron chi connectivity index (χ4n) is 1.68. The topological polar surface area (TPSA) is 63.8 Å². The molecule has 18 heavy (non-hydrogen) atoms. The minimum absolute atomic E-state index is 0.0575. The summed E-state index contributed by atoms with van der Waals surface area (Å²) < 4.78 is 19.7. The molecular formula is C11H10ClFN2O3. The van der Waals surface area contributed by atoms with Crippen LogP contribution in [0.5, 0.6) is 0 Å². The largest absolute Gasteiger partial charge is 0.467 e. The predicted octanol–water partition coefficient (Wildman–Crippen LogP) is 1.51. The number of halogens is 2. The Balaban J connectivity index is 2.73. The summed E-state index contributed by atoms with van der Waals surface area (Å²) in [5.74, 6) is -1.68. The fourth-order valence-corrected chi connectivity index (χ4v) is 1.82. The highest BCUT2D eigenvalue weighted by Gasteiger charge is 2.38. The minimum atomic E-state index is -2.05. The second kappa shape index (κ2) is 4.22. The van der Waals surface area contributed by atoms with Crippen LogP contribution in [-0.4, -0.2) is 27.6 Å². The zero-order chi connectivity index (χ0) is 13.5. The molecule has 2 heterocycles. The van der Waals surface area contributed by atoms with E-state index in [4.69, 9.17) is 11.6 Å². The molecule has 2 aromatic heterocycles. The number of hydrogen-bond acceptors (Lipinski definition) is 4. The summed E-state index contributed by atoms with van der Waals surface area (Å²) in [6, 6.07) is 1.35. The SMILES string of the molecule is COC(=O)C(C)(O)c1ncn2ccc(Cl)c(F)c12. The average Bonchev–Trinajstić information content (AvgIpc) is 2.77. The van der Waals surface area contributed by atoms with E-state index in [1.807, 2.05) is 0 Å². The molecule has 1 N–H and O–H groups in total. The lowest BCUT2D eigenvalue weighted by Gasteiger charge is -2.18. The second-order valence-corrected chi connectivity index (χ2v) is 4.30. The van der Waals surface area contributed by atoms with Crippen molar-refractivity contribution in [1.82, 2.24) is 9.38 Å². The number of aliphatic hydroxyl groups is 1. The Labute approximate surface area is 107 Å². The van der Waals surface area contributed by atoms with Gasteiger partial charge in [0.2, 0.25) is 5.60 Å². The highest BCUT2D eigenvalue weighted by molar-refractivity contribution is 6.31. The van der Waals surface area contributed by atoms with Crippen molar-refractivity contribution in [2.24, 2.45) is 0 Å². The van der Waals surface area contributed by atoms with Crippen molar-refractivity contribution in [3.63, 3.8) is 0 Å². The molecule has 0 aromatic carbocycles. The minimum Gasteiger partial charge on any atom is -0.467 e. The van der Waals surface area contributed by atoms with Gasteiger partial charge < -0.3 is 14.2 Å². The van der Waals surface area contributed by atoms with Crippen LogP contribution in [0.2, 0.25) is 5.02 Å². The lowest BCUT2D eigenvalue weighted by molar-refractivity contribution is -0.161. The van der Waals surface area contributed by atoms with E-state index in [0.29, 0.717) is 0 Å². The highest BCUT2D eigenvalue weighted by atomic mass is 35.5. The molecular weight excluding hydrogens is 263 g/mol. The summed E-state index contributed by atoms with van der Waals surface area (Å²) in [6.07, 6.45) is 2.76. The Morgan fingerprint density at radius 1 is 1.67 bits per heavy atom. The maximum Gasteiger partial charge on any atom is 0.343 e. The number of rotatable bonds is 2. The van der Waals surface area contributed by atoms with E-state index >= 15 is 0 Å². The van der Waals surface area contributed by atoms with Crippen LogP contribution in [-0.2, 0) is 15.1 Å². The third-order valence-corrected chi connectivity index (χ3v) is 2.93. The number of hydrogen-bond donors (Lipinski definition) is 1. The molecule has 96 valence electrons. The molecule has 0 aliphatic carbocycles. The van der Waals surface area contributed by atoms with Gasteiger partial charge in [0.05, 0.1) is 18.5 Å². The van der Waals surface area contributed by atoms with Crippen molar-refractivity contribution < 1.29 is 19.0 Å². The molecule has 2 aromatic rings. The Morgan fingerprint density at radius 2 is 2.33 bits per heavy atom. The Bertz CT molecular complexity index is 624. The van der Waals surface area contributed by atoms with Crippen LogP contribution < -0.4 is 0 Å². The lowest BCUT2D eigenvalue weighted by Crippen LogP contribution is -2.34. The molecule has 1 unspecified atom stereocenters. The van der Waals surface area contributed by atoms with Gasteiger partial charge in [-0.3, -0.25) is 0 Å². The number of imidazole rings is 1. The van der Waals surface area contributed by atoms with Gasteiger partial charge in [-0.25, -0.2) is 14.2 Å². The van der Waals surface area contributed by atoms with E-state index in [0.717, 1.165) is 7.11 Å². The summed E-state index contributed by atoms with van der Waals surface area (Å²) in [4.78, 5) is 15.3. The predicted molar refractivity (Wildman–Crippen MR) is 61.7 cm³/mol. The number of esters is 1. The first kappa shape index (κ1) is 12.8. The summed E-state index contributed by atoms with van der Waals surface area (Å²) in [5.41, 5.74) is -2.25. The zero-order valence-corrected chi connectivity index (χ0v) is 10.4. The van der Waals surface area contributed by atoms with Gasteiger partial charge in [0.1, 0.15) is 11.2 Å². The van der Waals surface area contributed by atoms with Crippen molar-refractivity contribution in [2.75, 3.05) is 7.11 Å². The monoisotopic (exact) mass is 272 g/mol. The van der Waals surface area contributed by atoms with Crippen molar-refractivity contribution in [1.29, 1.82) is 0 Å². The number of nitrogens with zero attached hydrogens (tertiary/aromatic N) is 2. The summed E-state index contributed by atoms with van der Waals surface area (Å²) in [5, 5.41) is 9.98. The smallest absolute Gasteiger partial charge is 0.343 e. The van der Waals surface area contributed by atoms with Crippen LogP contribution in [0, 0.1) is 5.82 Å². The van der Waals surface area contributed by atoms with Crippen LogP contribution >= 0.6 is 11.6 Å². The average molecular weight is 273 g/mol. The van der Waals surface area contributed by atoms with Crippen molar-refractivity contribution in [3.05, 3.63) is 35.1 Å². The van der Waals surface area contributed by atoms with Crippen LogP contribution in [0.1, 0.15) is 12.6 Å². The van der Waals surface area contributed by atoms with E-state index in [9.17, 15) is 14.3 Å². The fraction of sp³-hybridized carbons (Fsp3) is 0.273. The first-order valence-electron chi connectivity index (χ1n) is 5.01. The molecule has 0 fully saturated rings. The Morgan fingerprint density at radius 3 is 2.94 bits per heavy atom. The molecule has 7 heteroatoms. The third kappa shape index (κ3) is 1.74. The van der Waals surface area contributed by atoms with Gasteiger partial charge in [0.15, 0.2) is 5.82 Å². The van der Waals surface area contributed by atoms with Crippen molar-refractivity contribution in [2.45, 2.75) is 12.5 Å². The summed E-state index contributed by atoms with van der Waals surface area (Å²) in [7, 11) is 1.12. The van der Waals surface area contributed by atoms with Crippen molar-refractivity contribution >= 4 is 23.1 Å². The number of fused-ring (bicyclic) bond motifs is 1. The third-order valence-electron chi connectivity index (χ3n) is 2.64. The van der Waals surface area contributed by atoms with Gasteiger partial charge in [0.25, 0.3) is 0 Å². The normalized spacial score (nSPS) is 14.5. The standard InChI is InChI=1S/C11H10ClFN2O3/c1-11(17,10(16)18-2)9-8-7(13)6(12)3-4-15(8)5-14-9/h3-5,17H,1-2H3. The first-order valence-corrected chi connectivity index (χ1v) is 5.39. The van der Waals surface area contributed by atoms with Crippen molar-refractivity contribution in [3.8, 4) is 0 Å².